The minimum Gasteiger partial charge on any atom is -0.310 e. The van der Waals surface area contributed by atoms with E-state index in [-0.39, 0.29) is 0 Å². The Kier molecular flexibility index (Phi) is 4.61. The first-order valence-corrected chi connectivity index (χ1v) is 8.19. The zero-order chi connectivity index (χ0) is 16.4. The second-order valence-corrected chi connectivity index (χ2v) is 6.45. The molecule has 0 atom stereocenters. The molecule has 0 saturated carbocycles. The first-order chi connectivity index (χ1) is 11.0. The highest BCUT2D eigenvalue weighted by Crippen LogP contribution is 2.37. The third kappa shape index (κ3) is 3.52. The van der Waals surface area contributed by atoms with Crippen molar-refractivity contribution < 1.29 is 0 Å². The van der Waals surface area contributed by atoms with Gasteiger partial charge in [0.1, 0.15) is 0 Å². The molecular formula is C20H17Cl2N. The van der Waals surface area contributed by atoms with Crippen molar-refractivity contribution in [1.82, 2.24) is 0 Å². The summed E-state index contributed by atoms with van der Waals surface area (Å²) in [6, 6.07) is 22.2. The summed E-state index contributed by atoms with van der Waals surface area (Å²) in [6.45, 7) is 4.22. The van der Waals surface area contributed by atoms with Gasteiger partial charge in [-0.25, -0.2) is 0 Å². The fourth-order valence-corrected chi connectivity index (χ4v) is 2.82. The van der Waals surface area contributed by atoms with Crippen molar-refractivity contribution in [3.05, 3.63) is 87.9 Å². The number of halogens is 2. The van der Waals surface area contributed by atoms with Crippen LogP contribution in [0, 0.1) is 13.8 Å². The summed E-state index contributed by atoms with van der Waals surface area (Å²) in [7, 11) is 0. The van der Waals surface area contributed by atoms with E-state index in [0.717, 1.165) is 27.1 Å². The Morgan fingerprint density at radius 2 is 1.13 bits per heavy atom. The molecule has 0 bridgehead atoms. The lowest BCUT2D eigenvalue weighted by Gasteiger charge is -2.27. The third-order valence-corrected chi connectivity index (χ3v) is 4.28. The zero-order valence-corrected chi connectivity index (χ0v) is 14.6. The van der Waals surface area contributed by atoms with Gasteiger partial charge in [0.15, 0.2) is 0 Å². The Morgan fingerprint density at radius 1 is 0.652 bits per heavy atom. The molecule has 0 saturated heterocycles. The van der Waals surface area contributed by atoms with Crippen LogP contribution in [0.1, 0.15) is 11.1 Å². The summed E-state index contributed by atoms with van der Waals surface area (Å²) in [5.74, 6) is 0. The second-order valence-electron chi connectivity index (χ2n) is 5.58. The fraction of sp³-hybridized carbons (Fsp3) is 0.100. The standard InChI is InChI=1S/C20H17Cl2N/c1-14-3-4-15(2)20(13-14)23(18-9-5-16(21)6-10-18)19-11-7-17(22)8-12-19/h3-13H,1-2H3. The van der Waals surface area contributed by atoms with E-state index in [2.05, 4.69) is 36.9 Å². The van der Waals surface area contributed by atoms with Crippen molar-refractivity contribution in [2.24, 2.45) is 0 Å². The first kappa shape index (κ1) is 15.9. The van der Waals surface area contributed by atoms with E-state index in [4.69, 9.17) is 23.2 Å². The van der Waals surface area contributed by atoms with Crippen LogP contribution in [-0.4, -0.2) is 0 Å². The van der Waals surface area contributed by atoms with Crippen molar-refractivity contribution in [2.75, 3.05) is 4.90 Å². The Labute approximate surface area is 147 Å². The van der Waals surface area contributed by atoms with Gasteiger partial charge in [-0.15, -0.1) is 0 Å². The van der Waals surface area contributed by atoms with Crippen LogP contribution in [0.3, 0.4) is 0 Å². The largest absolute Gasteiger partial charge is 0.310 e. The van der Waals surface area contributed by atoms with Crippen LogP contribution in [0.2, 0.25) is 10.0 Å². The number of rotatable bonds is 3. The Hall–Kier alpha value is -1.96. The molecule has 3 rings (SSSR count). The molecule has 3 aromatic rings. The lowest BCUT2D eigenvalue weighted by Crippen LogP contribution is -2.11. The monoisotopic (exact) mass is 341 g/mol. The molecule has 0 fully saturated rings. The quantitative estimate of drug-likeness (QED) is 0.491. The molecule has 3 heteroatoms. The van der Waals surface area contributed by atoms with E-state index in [1.807, 2.05) is 48.5 Å². The topological polar surface area (TPSA) is 3.24 Å². The van der Waals surface area contributed by atoms with Gasteiger partial charge < -0.3 is 4.90 Å². The molecule has 1 nitrogen and oxygen atoms in total. The Morgan fingerprint density at radius 3 is 1.61 bits per heavy atom. The molecule has 116 valence electrons. The van der Waals surface area contributed by atoms with Gasteiger partial charge in [-0.05, 0) is 79.6 Å². The van der Waals surface area contributed by atoms with Crippen molar-refractivity contribution in [1.29, 1.82) is 0 Å². The Bertz CT molecular complexity index is 763. The van der Waals surface area contributed by atoms with Crippen LogP contribution in [-0.2, 0) is 0 Å². The zero-order valence-electron chi connectivity index (χ0n) is 13.1. The maximum Gasteiger partial charge on any atom is 0.0493 e. The van der Waals surface area contributed by atoms with Crippen molar-refractivity contribution in [3.63, 3.8) is 0 Å². The smallest absolute Gasteiger partial charge is 0.0493 e. The minimum absolute atomic E-state index is 0.728. The van der Waals surface area contributed by atoms with Crippen LogP contribution in [0.15, 0.2) is 66.7 Å². The van der Waals surface area contributed by atoms with Crippen LogP contribution >= 0.6 is 23.2 Å². The average molecular weight is 342 g/mol. The van der Waals surface area contributed by atoms with Gasteiger partial charge in [-0.2, -0.15) is 0 Å². The lowest BCUT2D eigenvalue weighted by molar-refractivity contribution is 1.24. The van der Waals surface area contributed by atoms with Crippen molar-refractivity contribution in [3.8, 4) is 0 Å². The molecule has 0 N–H and O–H groups in total. The van der Waals surface area contributed by atoms with Crippen LogP contribution in [0.5, 0.6) is 0 Å². The average Bonchev–Trinajstić information content (AvgIpc) is 2.54. The summed E-state index contributed by atoms with van der Waals surface area (Å²) < 4.78 is 0. The number of benzene rings is 3. The van der Waals surface area contributed by atoms with Gasteiger partial charge in [0.2, 0.25) is 0 Å². The maximum atomic E-state index is 6.05. The highest BCUT2D eigenvalue weighted by Gasteiger charge is 2.14. The third-order valence-electron chi connectivity index (χ3n) is 3.78. The summed E-state index contributed by atoms with van der Waals surface area (Å²) >= 11 is 12.1. The molecule has 0 amide bonds. The molecule has 0 radical (unpaired) electrons. The molecule has 0 aliphatic carbocycles. The van der Waals surface area contributed by atoms with Gasteiger partial charge in [0.05, 0.1) is 0 Å². The van der Waals surface area contributed by atoms with E-state index in [1.165, 1.54) is 11.1 Å². The normalized spacial score (nSPS) is 10.6. The Balaban J connectivity index is 2.18. The molecular weight excluding hydrogens is 325 g/mol. The molecule has 3 aromatic carbocycles. The highest BCUT2D eigenvalue weighted by molar-refractivity contribution is 6.31. The van der Waals surface area contributed by atoms with Crippen LogP contribution in [0.25, 0.3) is 0 Å². The summed E-state index contributed by atoms with van der Waals surface area (Å²) in [6.07, 6.45) is 0. The number of nitrogens with zero attached hydrogens (tertiary/aromatic N) is 1. The van der Waals surface area contributed by atoms with E-state index in [0.29, 0.717) is 0 Å². The number of anilines is 3. The van der Waals surface area contributed by atoms with Gasteiger partial charge in [-0.3, -0.25) is 0 Å². The SMILES string of the molecule is Cc1ccc(C)c(N(c2ccc(Cl)cc2)c2ccc(Cl)cc2)c1. The van der Waals surface area contributed by atoms with E-state index in [9.17, 15) is 0 Å². The predicted octanol–water partition coefficient (Wildman–Crippen LogP) is 7.08. The molecule has 0 unspecified atom stereocenters. The first-order valence-electron chi connectivity index (χ1n) is 7.43. The van der Waals surface area contributed by atoms with Gasteiger partial charge >= 0.3 is 0 Å². The summed E-state index contributed by atoms with van der Waals surface area (Å²) in [5.41, 5.74) is 5.70. The highest BCUT2D eigenvalue weighted by atomic mass is 35.5. The fourth-order valence-electron chi connectivity index (χ4n) is 2.57. The number of hydrogen-bond acceptors (Lipinski definition) is 1. The summed E-state index contributed by atoms with van der Waals surface area (Å²) in [5, 5.41) is 1.46. The minimum atomic E-state index is 0.728. The lowest BCUT2D eigenvalue weighted by atomic mass is 10.1. The molecule has 0 aliphatic rings. The van der Waals surface area contributed by atoms with E-state index >= 15 is 0 Å². The van der Waals surface area contributed by atoms with Gasteiger partial charge in [0, 0.05) is 27.1 Å². The molecule has 0 aromatic heterocycles. The van der Waals surface area contributed by atoms with Gasteiger partial charge in [0.25, 0.3) is 0 Å². The van der Waals surface area contributed by atoms with E-state index in [1.54, 1.807) is 0 Å². The maximum absolute atomic E-state index is 6.05. The van der Waals surface area contributed by atoms with Gasteiger partial charge in [-0.1, -0.05) is 35.3 Å². The number of hydrogen-bond donors (Lipinski definition) is 0. The van der Waals surface area contributed by atoms with E-state index < -0.39 is 0 Å². The van der Waals surface area contributed by atoms with Crippen LogP contribution < -0.4 is 4.90 Å². The molecule has 23 heavy (non-hydrogen) atoms. The predicted molar refractivity (Wildman–Crippen MR) is 101 cm³/mol. The second kappa shape index (κ2) is 6.66. The molecule has 0 heterocycles. The summed E-state index contributed by atoms with van der Waals surface area (Å²) in [4.78, 5) is 2.22. The van der Waals surface area contributed by atoms with Crippen LogP contribution in [0.4, 0.5) is 17.1 Å². The molecule has 0 spiro atoms. The number of aryl methyl sites for hydroxylation is 2. The van der Waals surface area contributed by atoms with Crippen molar-refractivity contribution in [2.45, 2.75) is 13.8 Å². The van der Waals surface area contributed by atoms with Crippen molar-refractivity contribution >= 4 is 40.3 Å². The molecule has 0 aliphatic heterocycles.